The Morgan fingerprint density at radius 2 is 1.79 bits per heavy atom. The van der Waals surface area contributed by atoms with Gasteiger partial charge in [0, 0.05) is 0 Å². The van der Waals surface area contributed by atoms with Gasteiger partial charge in [0.05, 0.1) is 5.60 Å². The maximum absolute atomic E-state index is 10.6. The zero-order chi connectivity index (χ0) is 10.6. The smallest absolute Gasteiger partial charge is 0.0675 e. The van der Waals surface area contributed by atoms with Gasteiger partial charge >= 0.3 is 0 Å². The van der Waals surface area contributed by atoms with Crippen LogP contribution in [0.25, 0.3) is 0 Å². The summed E-state index contributed by atoms with van der Waals surface area (Å²) < 4.78 is 0. The highest BCUT2D eigenvalue weighted by atomic mass is 16.3. The number of hydrogen-bond acceptors (Lipinski definition) is 1. The van der Waals surface area contributed by atoms with Gasteiger partial charge < -0.3 is 5.11 Å². The Kier molecular flexibility index (Phi) is 4.43. The lowest BCUT2D eigenvalue weighted by Gasteiger charge is -2.39. The van der Waals surface area contributed by atoms with E-state index in [1.807, 2.05) is 0 Å². The van der Waals surface area contributed by atoms with Crippen LogP contribution >= 0.6 is 0 Å². The molecule has 84 valence electrons. The first-order chi connectivity index (χ1) is 6.58. The molecular weight excluding hydrogens is 172 g/mol. The van der Waals surface area contributed by atoms with Gasteiger partial charge in [-0.1, -0.05) is 40.0 Å². The molecule has 0 aromatic rings. The quantitative estimate of drug-likeness (QED) is 0.729. The Hall–Kier alpha value is -0.0400. The summed E-state index contributed by atoms with van der Waals surface area (Å²) in [5, 5.41) is 10.6. The maximum atomic E-state index is 10.6. The minimum absolute atomic E-state index is 0.366. The molecule has 1 heteroatoms. The fourth-order valence-corrected chi connectivity index (χ4v) is 2.95. The second kappa shape index (κ2) is 5.16. The predicted octanol–water partition coefficient (Wildman–Crippen LogP) is 3.75. The molecule has 1 rings (SSSR count). The van der Waals surface area contributed by atoms with Gasteiger partial charge in [0.1, 0.15) is 0 Å². The van der Waals surface area contributed by atoms with Crippen molar-refractivity contribution in [1.29, 1.82) is 0 Å². The monoisotopic (exact) mass is 198 g/mol. The van der Waals surface area contributed by atoms with Gasteiger partial charge in [0.2, 0.25) is 0 Å². The second-order valence-corrected chi connectivity index (χ2v) is 5.39. The molecular formula is C13H26O. The van der Waals surface area contributed by atoms with E-state index in [2.05, 4.69) is 20.8 Å². The van der Waals surface area contributed by atoms with E-state index in [1.165, 1.54) is 32.1 Å². The topological polar surface area (TPSA) is 20.2 Å². The second-order valence-electron chi connectivity index (χ2n) is 5.39. The van der Waals surface area contributed by atoms with Gasteiger partial charge in [0.25, 0.3) is 0 Å². The van der Waals surface area contributed by atoms with E-state index in [0.717, 1.165) is 12.8 Å². The van der Waals surface area contributed by atoms with Gasteiger partial charge in [-0.25, -0.2) is 0 Å². The van der Waals surface area contributed by atoms with E-state index in [0.29, 0.717) is 11.8 Å². The lowest BCUT2D eigenvalue weighted by molar-refractivity contribution is -0.0519. The molecule has 1 aliphatic rings. The minimum Gasteiger partial charge on any atom is -0.390 e. The van der Waals surface area contributed by atoms with Crippen LogP contribution in [0.15, 0.2) is 0 Å². The van der Waals surface area contributed by atoms with Crippen LogP contribution in [0.2, 0.25) is 0 Å². The Balaban J connectivity index is 2.56. The highest BCUT2D eigenvalue weighted by molar-refractivity contribution is 4.87. The van der Waals surface area contributed by atoms with Crippen molar-refractivity contribution < 1.29 is 5.11 Å². The van der Waals surface area contributed by atoms with E-state index >= 15 is 0 Å². The molecule has 1 aliphatic carbocycles. The summed E-state index contributed by atoms with van der Waals surface area (Å²) in [7, 11) is 0. The first kappa shape index (κ1) is 12.0. The van der Waals surface area contributed by atoms with Crippen LogP contribution in [0.4, 0.5) is 0 Å². The van der Waals surface area contributed by atoms with Crippen LogP contribution in [0.1, 0.15) is 65.7 Å². The maximum Gasteiger partial charge on any atom is 0.0675 e. The molecule has 0 amide bonds. The van der Waals surface area contributed by atoms with E-state index < -0.39 is 0 Å². The summed E-state index contributed by atoms with van der Waals surface area (Å²) in [5.41, 5.74) is -0.366. The highest BCUT2D eigenvalue weighted by Crippen LogP contribution is 2.38. The van der Waals surface area contributed by atoms with Crippen molar-refractivity contribution >= 4 is 0 Å². The molecule has 0 aromatic carbocycles. The summed E-state index contributed by atoms with van der Waals surface area (Å²) in [6.45, 7) is 6.56. The third-order valence-corrected chi connectivity index (χ3v) is 3.74. The van der Waals surface area contributed by atoms with Crippen molar-refractivity contribution in [1.82, 2.24) is 0 Å². The third kappa shape index (κ3) is 2.98. The fraction of sp³-hybridized carbons (Fsp3) is 1.00. The Bertz CT molecular complexity index is 159. The molecule has 0 heterocycles. The van der Waals surface area contributed by atoms with Gasteiger partial charge in [-0.05, 0) is 37.5 Å². The van der Waals surface area contributed by atoms with Crippen molar-refractivity contribution in [2.24, 2.45) is 11.8 Å². The Morgan fingerprint density at radius 3 is 2.21 bits per heavy atom. The summed E-state index contributed by atoms with van der Waals surface area (Å²) >= 11 is 0. The molecule has 0 aromatic heterocycles. The summed E-state index contributed by atoms with van der Waals surface area (Å²) in [6, 6.07) is 0. The van der Waals surface area contributed by atoms with Crippen LogP contribution in [-0.2, 0) is 0 Å². The normalized spacial score (nSPS) is 23.8. The van der Waals surface area contributed by atoms with E-state index in [4.69, 9.17) is 0 Å². The van der Waals surface area contributed by atoms with Crippen LogP contribution in [0.3, 0.4) is 0 Å². The zero-order valence-electron chi connectivity index (χ0n) is 10.1. The van der Waals surface area contributed by atoms with E-state index in [-0.39, 0.29) is 5.60 Å². The predicted molar refractivity (Wildman–Crippen MR) is 61.3 cm³/mol. The fourth-order valence-electron chi connectivity index (χ4n) is 2.95. The number of hydrogen-bond donors (Lipinski definition) is 1. The molecule has 0 bridgehead atoms. The summed E-state index contributed by atoms with van der Waals surface area (Å²) in [6.07, 6.45) is 8.42. The average Bonchev–Trinajstić information content (AvgIpc) is 2.18. The van der Waals surface area contributed by atoms with Crippen molar-refractivity contribution in [3.63, 3.8) is 0 Å². The molecule has 0 radical (unpaired) electrons. The van der Waals surface area contributed by atoms with Gasteiger partial charge in [-0.2, -0.15) is 0 Å². The lowest BCUT2D eigenvalue weighted by atomic mass is 9.72. The molecule has 14 heavy (non-hydrogen) atoms. The van der Waals surface area contributed by atoms with E-state index in [9.17, 15) is 5.11 Å². The molecule has 1 atom stereocenters. The van der Waals surface area contributed by atoms with Crippen molar-refractivity contribution in [2.75, 3.05) is 0 Å². The summed E-state index contributed by atoms with van der Waals surface area (Å²) in [5.74, 6) is 1.19. The summed E-state index contributed by atoms with van der Waals surface area (Å²) in [4.78, 5) is 0. The van der Waals surface area contributed by atoms with Crippen molar-refractivity contribution in [2.45, 2.75) is 71.3 Å². The SMILES string of the molecule is CCC(O)(CC(C)C)C1CCCCC1. The van der Waals surface area contributed by atoms with Crippen molar-refractivity contribution in [3.05, 3.63) is 0 Å². The number of aliphatic hydroxyl groups is 1. The Labute approximate surface area is 88.9 Å². The number of rotatable bonds is 4. The Morgan fingerprint density at radius 1 is 1.21 bits per heavy atom. The van der Waals surface area contributed by atoms with Crippen LogP contribution in [-0.4, -0.2) is 10.7 Å². The zero-order valence-corrected chi connectivity index (χ0v) is 10.1. The molecule has 1 N–H and O–H groups in total. The molecule has 1 unspecified atom stereocenters. The highest BCUT2D eigenvalue weighted by Gasteiger charge is 2.35. The molecule has 0 spiro atoms. The first-order valence-electron chi connectivity index (χ1n) is 6.31. The van der Waals surface area contributed by atoms with Crippen LogP contribution < -0.4 is 0 Å². The van der Waals surface area contributed by atoms with Crippen LogP contribution in [0.5, 0.6) is 0 Å². The average molecular weight is 198 g/mol. The molecule has 1 fully saturated rings. The molecule has 0 saturated heterocycles. The standard InChI is InChI=1S/C13H26O/c1-4-13(14,10-11(2)3)12-8-6-5-7-9-12/h11-12,14H,4-10H2,1-3H3. The van der Waals surface area contributed by atoms with Gasteiger partial charge in [-0.15, -0.1) is 0 Å². The molecule has 0 aliphatic heterocycles. The van der Waals surface area contributed by atoms with Crippen molar-refractivity contribution in [3.8, 4) is 0 Å². The third-order valence-electron chi connectivity index (χ3n) is 3.74. The molecule has 1 saturated carbocycles. The lowest BCUT2D eigenvalue weighted by Crippen LogP contribution is -2.39. The van der Waals surface area contributed by atoms with Gasteiger partial charge in [-0.3, -0.25) is 0 Å². The first-order valence-corrected chi connectivity index (χ1v) is 6.31. The molecule has 1 nitrogen and oxygen atoms in total. The van der Waals surface area contributed by atoms with Gasteiger partial charge in [0.15, 0.2) is 0 Å². The largest absolute Gasteiger partial charge is 0.390 e. The minimum atomic E-state index is -0.366. The van der Waals surface area contributed by atoms with E-state index in [1.54, 1.807) is 0 Å². The van der Waals surface area contributed by atoms with Crippen LogP contribution in [0, 0.1) is 11.8 Å².